The normalized spacial score (nSPS) is 19.3. The van der Waals surface area contributed by atoms with Gasteiger partial charge in [-0.2, -0.15) is 5.10 Å². The van der Waals surface area contributed by atoms with Crippen LogP contribution in [0, 0.1) is 0 Å². The third-order valence-electron chi connectivity index (χ3n) is 3.26. The van der Waals surface area contributed by atoms with Crippen LogP contribution in [0.15, 0.2) is 6.20 Å². The Morgan fingerprint density at radius 2 is 2.20 bits per heavy atom. The second-order valence-corrected chi connectivity index (χ2v) is 4.31. The summed E-state index contributed by atoms with van der Waals surface area (Å²) < 4.78 is 0. The van der Waals surface area contributed by atoms with Crippen molar-refractivity contribution in [3.05, 3.63) is 6.20 Å². The number of nitrogen functional groups attached to an aromatic ring is 1. The number of aromatic amines is 1. The second-order valence-electron chi connectivity index (χ2n) is 4.31. The molecule has 0 amide bonds. The molecule has 15 heavy (non-hydrogen) atoms. The fourth-order valence-corrected chi connectivity index (χ4v) is 2.15. The minimum atomic E-state index is 0.584. The van der Waals surface area contributed by atoms with E-state index < -0.39 is 0 Å². The van der Waals surface area contributed by atoms with Crippen LogP contribution in [0.4, 0.5) is 11.5 Å². The molecule has 1 aromatic rings. The molecule has 1 fully saturated rings. The third kappa shape index (κ3) is 2.07. The molecule has 0 spiro atoms. The molecule has 0 aromatic carbocycles. The number of rotatable bonds is 2. The number of piperidine rings is 1. The Hall–Kier alpha value is -1.23. The van der Waals surface area contributed by atoms with E-state index in [1.54, 1.807) is 6.20 Å². The Morgan fingerprint density at radius 1 is 1.53 bits per heavy atom. The molecule has 0 aliphatic carbocycles. The summed E-state index contributed by atoms with van der Waals surface area (Å²) in [5, 5.41) is 6.72. The summed E-state index contributed by atoms with van der Waals surface area (Å²) in [6.45, 7) is 2.32. The van der Waals surface area contributed by atoms with Gasteiger partial charge in [0.05, 0.1) is 11.9 Å². The zero-order chi connectivity index (χ0) is 10.8. The molecule has 84 valence electrons. The summed E-state index contributed by atoms with van der Waals surface area (Å²) in [5.74, 6) is 0.663. The molecule has 2 rings (SSSR count). The predicted octanol–water partition coefficient (Wildman–Crippen LogP) is 0.522. The molecule has 2 heterocycles. The highest BCUT2D eigenvalue weighted by molar-refractivity contribution is 5.62. The zero-order valence-corrected chi connectivity index (χ0v) is 9.40. The van der Waals surface area contributed by atoms with Crippen LogP contribution in [-0.2, 0) is 0 Å². The Kier molecular flexibility index (Phi) is 2.81. The smallest absolute Gasteiger partial charge is 0.142 e. The lowest BCUT2D eigenvalue weighted by Gasteiger charge is -2.35. The van der Waals surface area contributed by atoms with Crippen LogP contribution >= 0.6 is 0 Å². The second kappa shape index (κ2) is 4.10. The first-order chi connectivity index (χ1) is 7.18. The van der Waals surface area contributed by atoms with Gasteiger partial charge in [-0.3, -0.25) is 5.10 Å². The molecular weight excluding hydrogens is 190 g/mol. The van der Waals surface area contributed by atoms with Gasteiger partial charge in [0, 0.05) is 13.1 Å². The molecule has 0 atom stereocenters. The van der Waals surface area contributed by atoms with E-state index in [0.717, 1.165) is 18.8 Å². The number of aromatic nitrogens is 2. The fraction of sp³-hybridized carbons (Fsp3) is 0.700. The molecule has 1 aliphatic heterocycles. The van der Waals surface area contributed by atoms with Gasteiger partial charge in [-0.05, 0) is 33.0 Å². The number of nitrogens with two attached hydrogens (primary N) is 1. The van der Waals surface area contributed by atoms with Crippen molar-refractivity contribution in [2.24, 2.45) is 0 Å². The van der Waals surface area contributed by atoms with E-state index in [0.29, 0.717) is 11.9 Å². The van der Waals surface area contributed by atoms with Crippen LogP contribution in [0.5, 0.6) is 0 Å². The van der Waals surface area contributed by atoms with E-state index in [9.17, 15) is 0 Å². The summed E-state index contributed by atoms with van der Waals surface area (Å²) in [6, 6.07) is 0.584. The van der Waals surface area contributed by atoms with Crippen LogP contribution in [0.25, 0.3) is 0 Å². The summed E-state index contributed by atoms with van der Waals surface area (Å²) in [6.07, 6.45) is 4.18. The molecule has 1 aliphatic rings. The Labute approximate surface area is 90.2 Å². The fourth-order valence-electron chi connectivity index (χ4n) is 2.15. The monoisotopic (exact) mass is 209 g/mol. The lowest BCUT2D eigenvalue weighted by Crippen LogP contribution is -2.42. The maximum absolute atomic E-state index is 5.81. The largest absolute Gasteiger partial charge is 0.382 e. The van der Waals surface area contributed by atoms with Gasteiger partial charge >= 0.3 is 0 Å². The van der Waals surface area contributed by atoms with Crippen LogP contribution in [0.3, 0.4) is 0 Å². The number of nitrogens with zero attached hydrogens (tertiary/aromatic N) is 3. The van der Waals surface area contributed by atoms with Crippen LogP contribution in [-0.4, -0.2) is 48.3 Å². The first kappa shape index (κ1) is 10.3. The number of hydrogen-bond acceptors (Lipinski definition) is 4. The topological polar surface area (TPSA) is 61.2 Å². The van der Waals surface area contributed by atoms with E-state index in [1.165, 1.54) is 12.8 Å². The Morgan fingerprint density at radius 3 is 2.73 bits per heavy atom. The quantitative estimate of drug-likeness (QED) is 0.745. The van der Waals surface area contributed by atoms with Gasteiger partial charge in [0.2, 0.25) is 0 Å². The van der Waals surface area contributed by atoms with Crippen molar-refractivity contribution in [3.63, 3.8) is 0 Å². The number of likely N-dealkylation sites (tertiary alicyclic amines) is 1. The summed E-state index contributed by atoms with van der Waals surface area (Å²) in [4.78, 5) is 4.61. The first-order valence-corrected chi connectivity index (χ1v) is 5.38. The van der Waals surface area contributed by atoms with E-state index >= 15 is 0 Å². The van der Waals surface area contributed by atoms with Gasteiger partial charge in [0.1, 0.15) is 5.82 Å². The van der Waals surface area contributed by atoms with Crippen LogP contribution in [0.1, 0.15) is 12.8 Å². The van der Waals surface area contributed by atoms with Crippen molar-refractivity contribution in [1.82, 2.24) is 15.1 Å². The third-order valence-corrected chi connectivity index (χ3v) is 3.26. The maximum atomic E-state index is 5.81. The van der Waals surface area contributed by atoms with Crippen molar-refractivity contribution in [2.75, 3.05) is 37.8 Å². The molecule has 1 aromatic heterocycles. The van der Waals surface area contributed by atoms with E-state index in [2.05, 4.69) is 34.1 Å². The number of nitrogens with one attached hydrogen (secondary N) is 1. The minimum absolute atomic E-state index is 0.584. The highest BCUT2D eigenvalue weighted by atomic mass is 15.2. The van der Waals surface area contributed by atoms with Crippen LogP contribution in [0.2, 0.25) is 0 Å². The van der Waals surface area contributed by atoms with E-state index in [1.807, 2.05) is 0 Å². The minimum Gasteiger partial charge on any atom is -0.382 e. The van der Waals surface area contributed by atoms with Crippen molar-refractivity contribution in [2.45, 2.75) is 18.9 Å². The zero-order valence-electron chi connectivity index (χ0n) is 9.40. The molecule has 5 nitrogen and oxygen atoms in total. The van der Waals surface area contributed by atoms with Crippen molar-refractivity contribution < 1.29 is 0 Å². The Bertz CT molecular complexity index is 313. The first-order valence-electron chi connectivity index (χ1n) is 5.38. The van der Waals surface area contributed by atoms with Gasteiger partial charge < -0.3 is 15.5 Å². The lowest BCUT2D eigenvalue weighted by atomic mass is 10.0. The summed E-state index contributed by atoms with van der Waals surface area (Å²) in [7, 11) is 4.26. The number of anilines is 2. The van der Waals surface area contributed by atoms with E-state index in [-0.39, 0.29) is 0 Å². The van der Waals surface area contributed by atoms with Gasteiger partial charge in [-0.25, -0.2) is 0 Å². The van der Waals surface area contributed by atoms with Gasteiger partial charge in [0.25, 0.3) is 0 Å². The average Bonchev–Trinajstić information content (AvgIpc) is 2.65. The molecular formula is C10H19N5. The van der Waals surface area contributed by atoms with Crippen LogP contribution < -0.4 is 10.6 Å². The molecule has 0 radical (unpaired) electrons. The lowest BCUT2D eigenvalue weighted by molar-refractivity contribution is 0.253. The predicted molar refractivity (Wildman–Crippen MR) is 61.9 cm³/mol. The highest BCUT2D eigenvalue weighted by Gasteiger charge is 2.22. The number of H-pyrrole nitrogens is 1. The van der Waals surface area contributed by atoms with Crippen molar-refractivity contribution >= 4 is 11.5 Å². The number of hydrogen-bond donors (Lipinski definition) is 2. The maximum Gasteiger partial charge on any atom is 0.142 e. The van der Waals surface area contributed by atoms with Gasteiger partial charge in [-0.1, -0.05) is 0 Å². The van der Waals surface area contributed by atoms with Gasteiger partial charge in [-0.15, -0.1) is 0 Å². The molecule has 1 saturated heterocycles. The molecule has 3 N–H and O–H groups in total. The molecule has 0 saturated carbocycles. The molecule has 0 bridgehead atoms. The van der Waals surface area contributed by atoms with E-state index in [4.69, 9.17) is 5.73 Å². The highest BCUT2D eigenvalue weighted by Crippen LogP contribution is 2.24. The average molecular weight is 209 g/mol. The van der Waals surface area contributed by atoms with Gasteiger partial charge in [0.15, 0.2) is 0 Å². The standard InChI is InChI=1S/C10H19N5/c1-14-5-3-8(4-6-14)15(2)9-7-12-13-10(9)11/h7-8H,3-6H2,1-2H3,(H3,11,12,13). The molecule has 5 heteroatoms. The SMILES string of the molecule is CN1CCC(N(C)c2cn[nH]c2N)CC1. The summed E-state index contributed by atoms with van der Waals surface area (Å²) >= 11 is 0. The van der Waals surface area contributed by atoms with Crippen molar-refractivity contribution in [1.29, 1.82) is 0 Å². The van der Waals surface area contributed by atoms with Crippen molar-refractivity contribution in [3.8, 4) is 0 Å². The Balaban J connectivity index is 2.02. The molecule has 0 unspecified atom stereocenters. The summed E-state index contributed by atoms with van der Waals surface area (Å²) in [5.41, 5.74) is 6.82.